The van der Waals surface area contributed by atoms with Gasteiger partial charge in [0.15, 0.2) is 5.65 Å². The van der Waals surface area contributed by atoms with E-state index in [9.17, 15) is 14.4 Å². The lowest BCUT2D eigenvalue weighted by Crippen LogP contribution is -2.39. The number of aromatic nitrogens is 4. The van der Waals surface area contributed by atoms with Crippen LogP contribution >= 0.6 is 11.8 Å². The molecule has 0 aliphatic rings. The van der Waals surface area contributed by atoms with Gasteiger partial charge < -0.3 is 5.32 Å². The molecule has 0 aliphatic carbocycles. The summed E-state index contributed by atoms with van der Waals surface area (Å²) in [6, 6.07) is 7.94. The van der Waals surface area contributed by atoms with E-state index in [2.05, 4.69) is 15.3 Å². The molecule has 8 nitrogen and oxygen atoms in total. The highest BCUT2D eigenvalue weighted by atomic mass is 32.2. The van der Waals surface area contributed by atoms with Gasteiger partial charge in [-0.1, -0.05) is 55.4 Å². The predicted molar refractivity (Wildman–Crippen MR) is 122 cm³/mol. The molecule has 0 bridgehead atoms. The molecule has 0 saturated heterocycles. The highest BCUT2D eigenvalue weighted by Gasteiger charge is 2.19. The summed E-state index contributed by atoms with van der Waals surface area (Å²) in [4.78, 5) is 46.7. The Kier molecular flexibility index (Phi) is 6.94. The van der Waals surface area contributed by atoms with Crippen LogP contribution in [-0.4, -0.2) is 30.8 Å². The van der Waals surface area contributed by atoms with Gasteiger partial charge in [0.25, 0.3) is 5.56 Å². The summed E-state index contributed by atoms with van der Waals surface area (Å²) in [5, 5.41) is 3.56. The van der Waals surface area contributed by atoms with Gasteiger partial charge >= 0.3 is 5.69 Å². The molecular weight excluding hydrogens is 414 g/mol. The Morgan fingerprint density at radius 3 is 2.45 bits per heavy atom. The average Bonchev–Trinajstić information content (AvgIpc) is 2.72. The van der Waals surface area contributed by atoms with Crippen molar-refractivity contribution < 1.29 is 4.79 Å². The van der Waals surface area contributed by atoms with E-state index in [0.29, 0.717) is 29.6 Å². The average molecular weight is 442 g/mol. The number of rotatable bonds is 7. The standard InChI is InChI=1S/C22H27N5O3S/c1-13(2)11-27-19-18(21(29)26(5)22(27)30)20(25-15(4)24-19)31-12-17(28)23-10-16-8-6-14(3)7-9-16/h6-9,13H,10-12H2,1-5H3,(H,23,28). The Labute approximate surface area is 184 Å². The van der Waals surface area contributed by atoms with Crippen LogP contribution in [0.25, 0.3) is 11.0 Å². The molecule has 1 aromatic carbocycles. The Morgan fingerprint density at radius 2 is 1.81 bits per heavy atom. The van der Waals surface area contributed by atoms with Gasteiger partial charge in [-0.15, -0.1) is 0 Å². The lowest BCUT2D eigenvalue weighted by atomic mass is 10.1. The highest BCUT2D eigenvalue weighted by molar-refractivity contribution is 8.00. The van der Waals surface area contributed by atoms with Crippen LogP contribution in [0.2, 0.25) is 0 Å². The Balaban J connectivity index is 1.87. The quantitative estimate of drug-likeness (QED) is 0.446. The molecule has 0 saturated carbocycles. The van der Waals surface area contributed by atoms with E-state index < -0.39 is 11.2 Å². The number of carbonyl (C=O) groups excluding carboxylic acids is 1. The van der Waals surface area contributed by atoms with Crippen LogP contribution in [0.15, 0.2) is 38.9 Å². The second-order valence-corrected chi connectivity index (χ2v) is 8.94. The van der Waals surface area contributed by atoms with Crippen molar-refractivity contribution >= 4 is 28.7 Å². The number of thioether (sulfide) groups is 1. The lowest BCUT2D eigenvalue weighted by molar-refractivity contribution is -0.118. The summed E-state index contributed by atoms with van der Waals surface area (Å²) in [6.45, 7) is 8.57. The van der Waals surface area contributed by atoms with E-state index in [1.807, 2.05) is 45.0 Å². The maximum atomic E-state index is 12.9. The molecule has 1 amide bonds. The van der Waals surface area contributed by atoms with Gasteiger partial charge in [0.2, 0.25) is 5.91 Å². The second kappa shape index (κ2) is 9.47. The van der Waals surface area contributed by atoms with Gasteiger partial charge in [0.05, 0.1) is 5.75 Å². The molecule has 9 heteroatoms. The van der Waals surface area contributed by atoms with E-state index >= 15 is 0 Å². The fraction of sp³-hybridized carbons (Fsp3) is 0.409. The number of aryl methyl sites for hydroxylation is 2. The molecule has 0 spiro atoms. The molecule has 31 heavy (non-hydrogen) atoms. The lowest BCUT2D eigenvalue weighted by Gasteiger charge is -2.15. The van der Waals surface area contributed by atoms with E-state index in [1.165, 1.54) is 23.4 Å². The summed E-state index contributed by atoms with van der Waals surface area (Å²) in [6.07, 6.45) is 0. The van der Waals surface area contributed by atoms with Gasteiger partial charge in [-0.25, -0.2) is 14.8 Å². The third-order valence-electron chi connectivity index (χ3n) is 4.76. The van der Waals surface area contributed by atoms with Crippen molar-refractivity contribution in [3.63, 3.8) is 0 Å². The third-order valence-corrected chi connectivity index (χ3v) is 5.73. The second-order valence-electron chi connectivity index (χ2n) is 7.98. The fourth-order valence-electron chi connectivity index (χ4n) is 3.17. The van der Waals surface area contributed by atoms with Crippen LogP contribution in [0.1, 0.15) is 30.8 Å². The molecular formula is C22H27N5O3S. The monoisotopic (exact) mass is 441 g/mol. The molecule has 164 valence electrons. The first-order valence-electron chi connectivity index (χ1n) is 10.1. The topological polar surface area (TPSA) is 98.9 Å². The number of hydrogen-bond donors (Lipinski definition) is 1. The molecule has 2 heterocycles. The minimum atomic E-state index is -0.456. The Bertz CT molecular complexity index is 1230. The van der Waals surface area contributed by atoms with E-state index in [4.69, 9.17) is 0 Å². The molecule has 3 aromatic rings. The zero-order valence-electron chi connectivity index (χ0n) is 18.4. The summed E-state index contributed by atoms with van der Waals surface area (Å²) in [5.74, 6) is 0.573. The molecule has 3 rings (SSSR count). The number of benzene rings is 1. The van der Waals surface area contributed by atoms with Crippen molar-refractivity contribution in [1.29, 1.82) is 0 Å². The molecule has 0 radical (unpaired) electrons. The minimum absolute atomic E-state index is 0.101. The van der Waals surface area contributed by atoms with Gasteiger partial charge in [-0.2, -0.15) is 0 Å². The van der Waals surface area contributed by atoms with E-state index in [0.717, 1.165) is 15.7 Å². The molecule has 0 unspecified atom stereocenters. The van der Waals surface area contributed by atoms with Crippen molar-refractivity contribution in [2.75, 3.05) is 5.75 Å². The van der Waals surface area contributed by atoms with E-state index in [-0.39, 0.29) is 23.0 Å². The molecule has 2 aromatic heterocycles. The van der Waals surface area contributed by atoms with Crippen LogP contribution in [0, 0.1) is 19.8 Å². The zero-order valence-corrected chi connectivity index (χ0v) is 19.2. The van der Waals surface area contributed by atoms with Gasteiger partial charge in [-0.05, 0) is 25.3 Å². The number of hydrogen-bond acceptors (Lipinski definition) is 6. The maximum absolute atomic E-state index is 12.9. The number of nitrogens with one attached hydrogen (secondary N) is 1. The number of fused-ring (bicyclic) bond motifs is 1. The van der Waals surface area contributed by atoms with Crippen molar-refractivity contribution in [3.05, 3.63) is 62.1 Å². The fourth-order valence-corrected chi connectivity index (χ4v) is 4.06. The normalized spacial score (nSPS) is 11.3. The van der Waals surface area contributed by atoms with Gasteiger partial charge in [-0.3, -0.25) is 18.7 Å². The third kappa shape index (κ3) is 5.22. The largest absolute Gasteiger partial charge is 0.351 e. The first-order chi connectivity index (χ1) is 14.7. The summed E-state index contributed by atoms with van der Waals surface area (Å²) < 4.78 is 2.59. The van der Waals surface area contributed by atoms with Crippen LogP contribution in [0.3, 0.4) is 0 Å². The molecule has 1 N–H and O–H groups in total. The van der Waals surface area contributed by atoms with Crippen LogP contribution < -0.4 is 16.6 Å². The van der Waals surface area contributed by atoms with Crippen molar-refractivity contribution in [1.82, 2.24) is 24.4 Å². The molecule has 0 fully saturated rings. The van der Waals surface area contributed by atoms with Crippen LogP contribution in [0.4, 0.5) is 0 Å². The van der Waals surface area contributed by atoms with Crippen molar-refractivity contribution in [2.45, 2.75) is 45.8 Å². The number of nitrogens with zero attached hydrogens (tertiary/aromatic N) is 4. The number of amides is 1. The Hall–Kier alpha value is -2.94. The molecule has 0 atom stereocenters. The maximum Gasteiger partial charge on any atom is 0.332 e. The van der Waals surface area contributed by atoms with Gasteiger partial charge in [0.1, 0.15) is 16.2 Å². The van der Waals surface area contributed by atoms with Crippen molar-refractivity contribution in [3.8, 4) is 0 Å². The van der Waals surface area contributed by atoms with E-state index in [1.54, 1.807) is 6.92 Å². The predicted octanol–water partition coefficient (Wildman–Crippen LogP) is 2.17. The SMILES string of the molecule is Cc1ccc(CNC(=O)CSc2nc(C)nc3c2c(=O)n(C)c(=O)n3CC(C)C)cc1. The number of carbonyl (C=O) groups is 1. The highest BCUT2D eigenvalue weighted by Crippen LogP contribution is 2.22. The summed E-state index contributed by atoms with van der Waals surface area (Å²) in [5.41, 5.74) is 1.63. The zero-order chi connectivity index (χ0) is 22.7. The minimum Gasteiger partial charge on any atom is -0.351 e. The smallest absolute Gasteiger partial charge is 0.332 e. The Morgan fingerprint density at radius 1 is 1.13 bits per heavy atom. The summed E-state index contributed by atoms with van der Waals surface area (Å²) in [7, 11) is 1.45. The first kappa shape index (κ1) is 22.7. The summed E-state index contributed by atoms with van der Waals surface area (Å²) >= 11 is 1.17. The van der Waals surface area contributed by atoms with Crippen LogP contribution in [-0.2, 0) is 24.9 Å². The first-order valence-corrected chi connectivity index (χ1v) is 11.1. The molecule has 0 aliphatic heterocycles. The van der Waals surface area contributed by atoms with Gasteiger partial charge in [0, 0.05) is 20.1 Å². The van der Waals surface area contributed by atoms with Crippen molar-refractivity contribution in [2.24, 2.45) is 13.0 Å². The van der Waals surface area contributed by atoms with Crippen LogP contribution in [0.5, 0.6) is 0 Å².